The number of fused-ring (bicyclic) bond motifs is 1. The smallest absolute Gasteiger partial charge is 0.293 e. The number of benzene rings is 1. The third-order valence-electron chi connectivity index (χ3n) is 5.12. The minimum absolute atomic E-state index is 0.0812. The average molecular weight is 387 g/mol. The fourth-order valence-electron chi connectivity index (χ4n) is 3.90. The Balaban J connectivity index is 2.12. The van der Waals surface area contributed by atoms with Crippen molar-refractivity contribution in [3.05, 3.63) is 34.2 Å². The van der Waals surface area contributed by atoms with E-state index in [1.165, 1.54) is 10.5 Å². The molecule has 0 spiro atoms. The van der Waals surface area contributed by atoms with Crippen LogP contribution >= 0.6 is 11.8 Å². The second kappa shape index (κ2) is 7.08. The lowest BCUT2D eigenvalue weighted by Crippen LogP contribution is -2.44. The number of rotatable bonds is 4. The van der Waals surface area contributed by atoms with Crippen LogP contribution < -0.4 is 9.64 Å². The number of allylic oxidation sites excluding steroid dienone is 1. The van der Waals surface area contributed by atoms with E-state index in [1.807, 2.05) is 6.07 Å². The van der Waals surface area contributed by atoms with Crippen LogP contribution in [0.3, 0.4) is 0 Å². The van der Waals surface area contributed by atoms with Gasteiger partial charge >= 0.3 is 0 Å². The van der Waals surface area contributed by atoms with Crippen LogP contribution in [0.5, 0.6) is 5.75 Å². The maximum Gasteiger partial charge on any atom is 0.293 e. The minimum Gasteiger partial charge on any atom is -0.496 e. The number of ether oxygens (including phenoxy) is 1. The first kappa shape index (κ1) is 19.5. The van der Waals surface area contributed by atoms with Gasteiger partial charge in [0.15, 0.2) is 0 Å². The van der Waals surface area contributed by atoms with Gasteiger partial charge < -0.3 is 9.64 Å². The molecule has 2 heterocycles. The normalized spacial score (nSPS) is 20.2. The van der Waals surface area contributed by atoms with Gasteiger partial charge in [-0.1, -0.05) is 6.08 Å². The Hall–Kier alpha value is -2.21. The lowest BCUT2D eigenvalue weighted by atomic mass is 9.87. The number of hydrogen-bond acceptors (Lipinski definition) is 5. The first-order chi connectivity index (χ1) is 12.7. The molecule has 0 saturated carbocycles. The number of likely N-dealkylation sites (N-methyl/N-ethyl adjacent to an activating group) is 2. The molecule has 2 aliphatic heterocycles. The number of amides is 2. The van der Waals surface area contributed by atoms with Crippen molar-refractivity contribution in [2.24, 2.45) is 0 Å². The number of carbonyl (C=O) groups is 2. The van der Waals surface area contributed by atoms with Crippen molar-refractivity contribution < 1.29 is 14.3 Å². The lowest BCUT2D eigenvalue weighted by Gasteiger charge is -2.43. The second-order valence-corrected chi connectivity index (χ2v) is 8.26. The van der Waals surface area contributed by atoms with Gasteiger partial charge in [0.05, 0.1) is 17.6 Å². The third kappa shape index (κ3) is 3.27. The minimum atomic E-state index is -0.240. The van der Waals surface area contributed by atoms with E-state index < -0.39 is 0 Å². The average Bonchev–Trinajstić information content (AvgIpc) is 2.87. The number of nitrogens with zero attached hydrogens (tertiary/aromatic N) is 2. The van der Waals surface area contributed by atoms with E-state index in [4.69, 9.17) is 4.74 Å². The summed E-state index contributed by atoms with van der Waals surface area (Å²) in [6, 6.07) is 4.09. The Kier molecular flexibility index (Phi) is 5.12. The monoisotopic (exact) mass is 386 g/mol. The van der Waals surface area contributed by atoms with Crippen LogP contribution in [-0.2, 0) is 4.79 Å². The Morgan fingerprint density at radius 3 is 2.44 bits per heavy atom. The Morgan fingerprint density at radius 2 is 1.89 bits per heavy atom. The molecule has 0 aliphatic carbocycles. The quantitative estimate of drug-likeness (QED) is 0.698. The summed E-state index contributed by atoms with van der Waals surface area (Å²) >= 11 is 0.981. The van der Waals surface area contributed by atoms with Gasteiger partial charge in [-0.15, -0.1) is 0 Å². The molecule has 0 aromatic heterocycles. The lowest BCUT2D eigenvalue weighted by molar-refractivity contribution is -0.122. The molecule has 2 aliphatic rings. The van der Waals surface area contributed by atoms with Gasteiger partial charge in [0, 0.05) is 36.0 Å². The Bertz CT molecular complexity index is 870. The molecular formula is C21H26N2O3S. The van der Waals surface area contributed by atoms with Crippen LogP contribution in [0.4, 0.5) is 10.5 Å². The fourth-order valence-corrected chi connectivity index (χ4v) is 4.80. The SMILES string of the molecule is CCN1C(=O)S/C(=C/c2cc3c(cc2OC)N(CC)C(C)(C)C=C3C)C1=O. The summed E-state index contributed by atoms with van der Waals surface area (Å²) in [4.78, 5) is 28.5. The highest BCUT2D eigenvalue weighted by atomic mass is 32.2. The van der Waals surface area contributed by atoms with Crippen molar-refractivity contribution in [2.75, 3.05) is 25.1 Å². The number of carbonyl (C=O) groups excluding carboxylic acids is 2. The highest BCUT2D eigenvalue weighted by molar-refractivity contribution is 8.18. The van der Waals surface area contributed by atoms with E-state index in [0.29, 0.717) is 17.2 Å². The van der Waals surface area contributed by atoms with Crippen molar-refractivity contribution in [3.63, 3.8) is 0 Å². The van der Waals surface area contributed by atoms with E-state index >= 15 is 0 Å². The second-order valence-electron chi connectivity index (χ2n) is 7.26. The molecule has 0 unspecified atom stereocenters. The zero-order chi connectivity index (χ0) is 19.9. The van der Waals surface area contributed by atoms with Crippen molar-refractivity contribution in [3.8, 4) is 5.75 Å². The van der Waals surface area contributed by atoms with Gasteiger partial charge in [0.2, 0.25) is 0 Å². The summed E-state index contributed by atoms with van der Waals surface area (Å²) in [6.45, 7) is 11.7. The molecule has 1 fully saturated rings. The largest absolute Gasteiger partial charge is 0.496 e. The summed E-state index contributed by atoms with van der Waals surface area (Å²) in [5, 5.41) is -0.222. The molecule has 27 heavy (non-hydrogen) atoms. The van der Waals surface area contributed by atoms with E-state index in [1.54, 1.807) is 20.1 Å². The van der Waals surface area contributed by atoms with E-state index in [2.05, 4.69) is 44.7 Å². The van der Waals surface area contributed by atoms with Gasteiger partial charge in [-0.2, -0.15) is 0 Å². The molecule has 1 aromatic rings. The first-order valence-corrected chi connectivity index (χ1v) is 10.00. The summed E-state index contributed by atoms with van der Waals surface area (Å²) in [7, 11) is 1.63. The van der Waals surface area contributed by atoms with Crippen molar-refractivity contribution in [1.82, 2.24) is 4.90 Å². The molecule has 144 valence electrons. The van der Waals surface area contributed by atoms with Gasteiger partial charge in [-0.3, -0.25) is 14.5 Å². The Labute approximate surface area is 165 Å². The molecule has 0 atom stereocenters. The van der Waals surface area contributed by atoms with Crippen molar-refractivity contribution in [1.29, 1.82) is 0 Å². The number of thioether (sulfide) groups is 1. The van der Waals surface area contributed by atoms with Crippen LogP contribution in [0.25, 0.3) is 11.6 Å². The van der Waals surface area contributed by atoms with Crippen molar-refractivity contribution in [2.45, 2.75) is 40.2 Å². The molecule has 0 bridgehead atoms. The predicted molar refractivity (Wildman–Crippen MR) is 112 cm³/mol. The number of anilines is 1. The zero-order valence-corrected chi connectivity index (χ0v) is 17.6. The van der Waals surface area contributed by atoms with E-state index in [-0.39, 0.29) is 16.7 Å². The molecule has 2 amide bonds. The molecule has 6 heteroatoms. The van der Waals surface area contributed by atoms with Crippen LogP contribution in [0.15, 0.2) is 23.1 Å². The summed E-state index contributed by atoms with van der Waals surface area (Å²) in [6.07, 6.45) is 4.03. The number of hydrogen-bond donors (Lipinski definition) is 0. The van der Waals surface area contributed by atoms with Gasteiger partial charge in [0.25, 0.3) is 11.1 Å². The maximum atomic E-state index is 12.4. The van der Waals surface area contributed by atoms with Crippen molar-refractivity contribution >= 4 is 40.2 Å². The van der Waals surface area contributed by atoms with Gasteiger partial charge in [-0.25, -0.2) is 0 Å². The highest BCUT2D eigenvalue weighted by Crippen LogP contribution is 2.43. The van der Waals surface area contributed by atoms with Crippen LogP contribution in [0.2, 0.25) is 0 Å². The van der Waals surface area contributed by atoms with E-state index in [0.717, 1.165) is 35.1 Å². The fraction of sp³-hybridized carbons (Fsp3) is 0.429. The summed E-state index contributed by atoms with van der Waals surface area (Å²) < 4.78 is 5.62. The molecule has 5 nitrogen and oxygen atoms in total. The van der Waals surface area contributed by atoms with Crippen LogP contribution in [0, 0.1) is 0 Å². The molecule has 1 saturated heterocycles. The molecule has 3 rings (SSSR count). The predicted octanol–water partition coefficient (Wildman–Crippen LogP) is 4.77. The van der Waals surface area contributed by atoms with Crippen LogP contribution in [-0.4, -0.2) is 41.8 Å². The standard InChI is InChI=1S/C21H26N2O3S/c1-7-22-19(24)18(27-20(22)25)10-14-9-15-13(3)12-21(4,5)23(8-2)16(15)11-17(14)26-6/h9-12H,7-8H2,1-6H3/b18-10+. The zero-order valence-electron chi connectivity index (χ0n) is 16.8. The highest BCUT2D eigenvalue weighted by Gasteiger charge is 2.35. The Morgan fingerprint density at radius 1 is 1.19 bits per heavy atom. The maximum absolute atomic E-state index is 12.4. The van der Waals surface area contributed by atoms with E-state index in [9.17, 15) is 9.59 Å². The summed E-state index contributed by atoms with van der Waals surface area (Å²) in [5.74, 6) is 0.455. The number of imide groups is 1. The third-order valence-corrected chi connectivity index (χ3v) is 6.03. The van der Waals surface area contributed by atoms with Gasteiger partial charge in [0.1, 0.15) is 5.75 Å². The molecular weight excluding hydrogens is 360 g/mol. The molecule has 0 radical (unpaired) electrons. The van der Waals surface area contributed by atoms with Crippen LogP contribution in [0.1, 0.15) is 45.7 Å². The summed E-state index contributed by atoms with van der Waals surface area (Å²) in [5.41, 5.74) is 4.17. The number of methoxy groups -OCH3 is 1. The first-order valence-electron chi connectivity index (χ1n) is 9.18. The topological polar surface area (TPSA) is 49.9 Å². The molecule has 1 aromatic carbocycles. The molecule has 0 N–H and O–H groups in total. The van der Waals surface area contributed by atoms with Gasteiger partial charge in [-0.05, 0) is 64.1 Å².